The molecule has 0 bridgehead atoms. The minimum Gasteiger partial charge on any atom is -0.466 e. The molecule has 0 radical (unpaired) electrons. The highest BCUT2D eigenvalue weighted by molar-refractivity contribution is 5.95. The molecule has 0 unspecified atom stereocenters. The van der Waals surface area contributed by atoms with Crippen molar-refractivity contribution in [1.29, 1.82) is 0 Å². The molecule has 114 valence electrons. The Morgan fingerprint density at radius 2 is 2.09 bits per heavy atom. The quantitative estimate of drug-likeness (QED) is 0.805. The van der Waals surface area contributed by atoms with Gasteiger partial charge in [-0.05, 0) is 32.0 Å². The lowest BCUT2D eigenvalue weighted by atomic mass is 10.2. The molecule has 0 saturated carbocycles. The lowest BCUT2D eigenvalue weighted by molar-refractivity contribution is 0.0952. The second-order valence-corrected chi connectivity index (χ2v) is 5.41. The van der Waals surface area contributed by atoms with Crippen molar-refractivity contribution < 1.29 is 9.21 Å². The van der Waals surface area contributed by atoms with Gasteiger partial charge in [0.15, 0.2) is 0 Å². The summed E-state index contributed by atoms with van der Waals surface area (Å²) in [4.78, 5) is 16.7. The first kappa shape index (κ1) is 14.4. The van der Waals surface area contributed by atoms with E-state index in [4.69, 9.17) is 4.42 Å². The van der Waals surface area contributed by atoms with Gasteiger partial charge in [-0.1, -0.05) is 12.1 Å². The number of carbonyl (C=O) groups is 1. The van der Waals surface area contributed by atoms with E-state index in [1.807, 2.05) is 38.2 Å². The van der Waals surface area contributed by atoms with Gasteiger partial charge in [0.2, 0.25) is 0 Å². The summed E-state index contributed by atoms with van der Waals surface area (Å²) in [6.07, 6.45) is 0.687. The summed E-state index contributed by atoms with van der Waals surface area (Å²) in [7, 11) is 2.00. The van der Waals surface area contributed by atoms with E-state index in [0.29, 0.717) is 24.3 Å². The van der Waals surface area contributed by atoms with Crippen molar-refractivity contribution in [1.82, 2.24) is 14.9 Å². The van der Waals surface area contributed by atoms with Crippen molar-refractivity contribution in [3.05, 3.63) is 53.2 Å². The number of benzene rings is 1. The van der Waals surface area contributed by atoms with Crippen LogP contribution in [0.1, 0.15) is 27.7 Å². The van der Waals surface area contributed by atoms with E-state index in [-0.39, 0.29) is 5.91 Å². The zero-order valence-corrected chi connectivity index (χ0v) is 13.0. The summed E-state index contributed by atoms with van der Waals surface area (Å²) in [5, 5.41) is 2.92. The number of aromatic nitrogens is 2. The van der Waals surface area contributed by atoms with E-state index in [9.17, 15) is 4.79 Å². The third-order valence-corrected chi connectivity index (χ3v) is 3.80. The van der Waals surface area contributed by atoms with E-state index in [2.05, 4.69) is 14.9 Å². The predicted octanol–water partition coefficient (Wildman–Crippen LogP) is 2.76. The molecule has 1 amide bonds. The molecule has 0 aliphatic heterocycles. The Bertz CT molecular complexity index is 830. The van der Waals surface area contributed by atoms with Gasteiger partial charge < -0.3 is 14.3 Å². The summed E-state index contributed by atoms with van der Waals surface area (Å²) >= 11 is 0. The van der Waals surface area contributed by atoms with E-state index >= 15 is 0 Å². The molecule has 1 aromatic carbocycles. The number of para-hydroxylation sites is 2. The SMILES string of the molecule is Cc1cc(C(=O)NCCc2nc3ccccc3n2C)c(C)o1. The Morgan fingerprint density at radius 3 is 2.77 bits per heavy atom. The fourth-order valence-corrected chi connectivity index (χ4v) is 2.66. The number of hydrogen-bond donors (Lipinski definition) is 1. The highest BCUT2D eigenvalue weighted by atomic mass is 16.3. The molecule has 2 heterocycles. The number of fused-ring (bicyclic) bond motifs is 1. The van der Waals surface area contributed by atoms with Gasteiger partial charge in [0, 0.05) is 20.0 Å². The van der Waals surface area contributed by atoms with Crippen molar-refractivity contribution in [2.75, 3.05) is 6.54 Å². The highest BCUT2D eigenvalue weighted by Crippen LogP contribution is 2.15. The summed E-state index contributed by atoms with van der Waals surface area (Å²) < 4.78 is 7.45. The summed E-state index contributed by atoms with van der Waals surface area (Å²) in [6.45, 7) is 4.18. The van der Waals surface area contributed by atoms with Crippen LogP contribution in [0.25, 0.3) is 11.0 Å². The van der Waals surface area contributed by atoms with Crippen LogP contribution in [-0.4, -0.2) is 22.0 Å². The highest BCUT2D eigenvalue weighted by Gasteiger charge is 2.13. The van der Waals surface area contributed by atoms with Crippen LogP contribution in [0.3, 0.4) is 0 Å². The first-order chi connectivity index (χ1) is 10.6. The molecule has 22 heavy (non-hydrogen) atoms. The molecule has 5 nitrogen and oxygen atoms in total. The number of nitrogens with zero attached hydrogens (tertiary/aromatic N) is 2. The van der Waals surface area contributed by atoms with Gasteiger partial charge in [-0.2, -0.15) is 0 Å². The molecule has 0 fully saturated rings. The number of imidazole rings is 1. The lowest BCUT2D eigenvalue weighted by Crippen LogP contribution is -2.26. The predicted molar refractivity (Wildman–Crippen MR) is 84.9 cm³/mol. The molecule has 0 spiro atoms. The van der Waals surface area contributed by atoms with Crippen LogP contribution in [0, 0.1) is 13.8 Å². The number of aryl methyl sites for hydroxylation is 3. The van der Waals surface area contributed by atoms with E-state index in [1.165, 1.54) is 0 Å². The molecule has 5 heteroatoms. The van der Waals surface area contributed by atoms with Gasteiger partial charge in [0.05, 0.1) is 16.6 Å². The molecule has 1 N–H and O–H groups in total. The Labute approximate surface area is 129 Å². The molecule has 2 aromatic heterocycles. The van der Waals surface area contributed by atoms with E-state index < -0.39 is 0 Å². The van der Waals surface area contributed by atoms with Gasteiger partial charge in [-0.25, -0.2) is 4.98 Å². The third kappa shape index (κ3) is 2.62. The van der Waals surface area contributed by atoms with Gasteiger partial charge >= 0.3 is 0 Å². The van der Waals surface area contributed by atoms with Crippen LogP contribution >= 0.6 is 0 Å². The zero-order valence-electron chi connectivity index (χ0n) is 13.0. The van der Waals surface area contributed by atoms with Gasteiger partial charge in [-0.15, -0.1) is 0 Å². The fraction of sp³-hybridized carbons (Fsp3) is 0.294. The van der Waals surface area contributed by atoms with E-state index in [1.54, 1.807) is 13.0 Å². The summed E-state index contributed by atoms with van der Waals surface area (Å²) in [5.74, 6) is 2.26. The Kier molecular flexibility index (Phi) is 3.71. The van der Waals surface area contributed by atoms with Crippen LogP contribution in [-0.2, 0) is 13.5 Å². The molecule has 3 rings (SSSR count). The average molecular weight is 297 g/mol. The number of amides is 1. The van der Waals surface area contributed by atoms with Crippen LogP contribution in [0.2, 0.25) is 0 Å². The van der Waals surface area contributed by atoms with Crippen LogP contribution in [0.4, 0.5) is 0 Å². The molecule has 0 aliphatic carbocycles. The molecule has 3 aromatic rings. The maximum Gasteiger partial charge on any atom is 0.254 e. The number of rotatable bonds is 4. The van der Waals surface area contributed by atoms with Crippen LogP contribution in [0.15, 0.2) is 34.7 Å². The second kappa shape index (κ2) is 5.67. The van der Waals surface area contributed by atoms with Crippen molar-refractivity contribution >= 4 is 16.9 Å². The normalized spacial score (nSPS) is 11.0. The number of furan rings is 1. The maximum absolute atomic E-state index is 12.1. The summed E-state index contributed by atoms with van der Waals surface area (Å²) in [6, 6.07) is 9.78. The van der Waals surface area contributed by atoms with Crippen LogP contribution < -0.4 is 5.32 Å². The van der Waals surface area contributed by atoms with Crippen molar-refractivity contribution in [2.45, 2.75) is 20.3 Å². The minimum absolute atomic E-state index is 0.104. The minimum atomic E-state index is -0.104. The van der Waals surface area contributed by atoms with Gasteiger partial charge in [-0.3, -0.25) is 4.79 Å². The number of nitrogens with one attached hydrogen (secondary N) is 1. The first-order valence-electron chi connectivity index (χ1n) is 7.32. The van der Waals surface area contributed by atoms with Crippen molar-refractivity contribution in [3.63, 3.8) is 0 Å². The Balaban J connectivity index is 1.66. The van der Waals surface area contributed by atoms with Crippen LogP contribution in [0.5, 0.6) is 0 Å². The standard InChI is InChI=1S/C17H19N3O2/c1-11-10-13(12(2)22-11)17(21)18-9-8-16-19-14-6-4-5-7-15(14)20(16)3/h4-7,10H,8-9H2,1-3H3,(H,18,21). The molecule has 0 aliphatic rings. The molecular weight excluding hydrogens is 278 g/mol. The first-order valence-corrected chi connectivity index (χ1v) is 7.32. The monoisotopic (exact) mass is 297 g/mol. The zero-order chi connectivity index (χ0) is 15.7. The smallest absolute Gasteiger partial charge is 0.254 e. The van der Waals surface area contributed by atoms with Crippen molar-refractivity contribution in [3.8, 4) is 0 Å². The van der Waals surface area contributed by atoms with Crippen molar-refractivity contribution in [2.24, 2.45) is 7.05 Å². The molecule has 0 saturated heterocycles. The number of hydrogen-bond acceptors (Lipinski definition) is 3. The molecular formula is C17H19N3O2. The molecule has 0 atom stereocenters. The van der Waals surface area contributed by atoms with Gasteiger partial charge in [0.25, 0.3) is 5.91 Å². The topological polar surface area (TPSA) is 60.1 Å². The second-order valence-electron chi connectivity index (χ2n) is 5.41. The van der Waals surface area contributed by atoms with Gasteiger partial charge in [0.1, 0.15) is 17.3 Å². The summed E-state index contributed by atoms with van der Waals surface area (Å²) in [5.41, 5.74) is 2.68. The average Bonchev–Trinajstić information content (AvgIpc) is 2.99. The Morgan fingerprint density at radius 1 is 1.32 bits per heavy atom. The Hall–Kier alpha value is -2.56. The number of carbonyl (C=O) groups excluding carboxylic acids is 1. The largest absolute Gasteiger partial charge is 0.466 e. The van der Waals surface area contributed by atoms with E-state index in [0.717, 1.165) is 22.6 Å². The fourth-order valence-electron chi connectivity index (χ4n) is 2.66. The lowest BCUT2D eigenvalue weighted by Gasteiger charge is -2.05. The maximum atomic E-state index is 12.1. The third-order valence-electron chi connectivity index (χ3n) is 3.80.